The number of carbonyl (C=O) groups is 1. The highest BCUT2D eigenvalue weighted by Gasteiger charge is 2.24. The van der Waals surface area contributed by atoms with Crippen LogP contribution in [0, 0.1) is 0 Å². The van der Waals surface area contributed by atoms with Gasteiger partial charge < -0.3 is 15.3 Å². The first-order chi connectivity index (χ1) is 8.06. The average Bonchev–Trinajstić information content (AvgIpc) is 2.70. The molecule has 1 atom stereocenters. The third-order valence-electron chi connectivity index (χ3n) is 2.62. The summed E-state index contributed by atoms with van der Waals surface area (Å²) in [6, 6.07) is 4.66. The number of hydrogen-bond donors (Lipinski definition) is 2. The Balaban J connectivity index is 2.00. The van der Waals surface area contributed by atoms with E-state index in [-0.39, 0.29) is 6.03 Å². The number of anilines is 1. The van der Waals surface area contributed by atoms with Gasteiger partial charge in [-0.25, -0.2) is 4.79 Å². The molecule has 1 unspecified atom stereocenters. The summed E-state index contributed by atoms with van der Waals surface area (Å²) in [5, 5.41) is 12.9. The number of nitrogens with one attached hydrogen (secondary N) is 1. The fourth-order valence-electron chi connectivity index (χ4n) is 1.70. The molecule has 1 aliphatic rings. The molecule has 0 aromatic heterocycles. The average molecular weight is 275 g/mol. The van der Waals surface area contributed by atoms with Gasteiger partial charge in [-0.15, -0.1) is 0 Å². The molecule has 4 nitrogen and oxygen atoms in total. The van der Waals surface area contributed by atoms with Crippen LogP contribution in [0.4, 0.5) is 10.5 Å². The predicted octanol–water partition coefficient (Wildman–Crippen LogP) is 2.59. The first-order valence-electron chi connectivity index (χ1n) is 5.25. The molecular weight excluding hydrogens is 263 g/mol. The van der Waals surface area contributed by atoms with Crippen LogP contribution in [0.3, 0.4) is 0 Å². The smallest absolute Gasteiger partial charge is 0.321 e. The number of aliphatic hydroxyl groups is 1. The maximum absolute atomic E-state index is 11.8. The van der Waals surface area contributed by atoms with Crippen LogP contribution in [0.1, 0.15) is 6.42 Å². The maximum Gasteiger partial charge on any atom is 0.321 e. The quantitative estimate of drug-likeness (QED) is 0.827. The second-order valence-corrected chi connectivity index (χ2v) is 4.76. The summed E-state index contributed by atoms with van der Waals surface area (Å²) in [4.78, 5) is 13.3. The van der Waals surface area contributed by atoms with E-state index in [1.807, 2.05) is 0 Å². The van der Waals surface area contributed by atoms with Crippen molar-refractivity contribution in [3.63, 3.8) is 0 Å². The second kappa shape index (κ2) is 5.12. The van der Waals surface area contributed by atoms with Crippen LogP contribution < -0.4 is 5.32 Å². The van der Waals surface area contributed by atoms with E-state index in [0.29, 0.717) is 35.2 Å². The number of urea groups is 1. The minimum absolute atomic E-state index is 0.236. The second-order valence-electron chi connectivity index (χ2n) is 3.95. The number of nitrogens with zero attached hydrogens (tertiary/aromatic N) is 1. The lowest BCUT2D eigenvalue weighted by molar-refractivity contribution is 0.176. The lowest BCUT2D eigenvalue weighted by Gasteiger charge is -2.16. The molecule has 2 N–H and O–H groups in total. The standard InChI is InChI=1S/C11H12Cl2N2O2/c12-9-2-1-7(5-10(9)13)14-11(17)15-4-3-8(16)6-15/h1-2,5,8,16H,3-4,6H2,(H,14,17). The van der Waals surface area contributed by atoms with Crippen molar-refractivity contribution in [2.24, 2.45) is 0 Å². The summed E-state index contributed by atoms with van der Waals surface area (Å²) in [6.45, 7) is 0.932. The van der Waals surface area contributed by atoms with Crippen molar-refractivity contribution in [2.45, 2.75) is 12.5 Å². The molecule has 0 spiro atoms. The Hall–Kier alpha value is -0.970. The zero-order valence-electron chi connectivity index (χ0n) is 8.99. The van der Waals surface area contributed by atoms with Crippen molar-refractivity contribution < 1.29 is 9.90 Å². The van der Waals surface area contributed by atoms with E-state index in [1.165, 1.54) is 0 Å². The van der Waals surface area contributed by atoms with Gasteiger partial charge in [0.2, 0.25) is 0 Å². The first kappa shape index (κ1) is 12.5. The van der Waals surface area contributed by atoms with Crippen molar-refractivity contribution in [1.82, 2.24) is 4.90 Å². The van der Waals surface area contributed by atoms with Crippen LogP contribution in [0.2, 0.25) is 10.0 Å². The third kappa shape index (κ3) is 3.03. The highest BCUT2D eigenvalue weighted by atomic mass is 35.5. The van der Waals surface area contributed by atoms with Gasteiger partial charge in [-0.05, 0) is 24.6 Å². The Morgan fingerprint density at radius 2 is 2.18 bits per heavy atom. The fraction of sp³-hybridized carbons (Fsp3) is 0.364. The lowest BCUT2D eigenvalue weighted by Crippen LogP contribution is -2.33. The molecule has 1 aromatic carbocycles. The number of benzene rings is 1. The van der Waals surface area contributed by atoms with Crippen LogP contribution in [0.15, 0.2) is 18.2 Å². The Bertz CT molecular complexity index is 439. The Labute approximate surface area is 109 Å². The Kier molecular flexibility index (Phi) is 3.76. The van der Waals surface area contributed by atoms with Crippen LogP contribution in [-0.4, -0.2) is 35.2 Å². The molecule has 1 saturated heterocycles. The molecular formula is C11H12Cl2N2O2. The van der Waals surface area contributed by atoms with Gasteiger partial charge in [0.15, 0.2) is 0 Å². The summed E-state index contributed by atoms with van der Waals surface area (Å²) in [7, 11) is 0. The predicted molar refractivity (Wildman–Crippen MR) is 67.7 cm³/mol. The Morgan fingerprint density at radius 1 is 1.41 bits per heavy atom. The van der Waals surface area contributed by atoms with E-state index < -0.39 is 6.10 Å². The maximum atomic E-state index is 11.8. The highest BCUT2D eigenvalue weighted by Crippen LogP contribution is 2.25. The van der Waals surface area contributed by atoms with E-state index in [4.69, 9.17) is 23.2 Å². The molecule has 1 fully saturated rings. The molecule has 1 aromatic rings. The molecule has 1 aliphatic heterocycles. The van der Waals surface area contributed by atoms with Crippen molar-refractivity contribution in [1.29, 1.82) is 0 Å². The zero-order chi connectivity index (χ0) is 12.4. The van der Waals surface area contributed by atoms with Gasteiger partial charge in [-0.2, -0.15) is 0 Å². The molecule has 0 radical (unpaired) electrons. The summed E-state index contributed by atoms with van der Waals surface area (Å²) < 4.78 is 0. The van der Waals surface area contributed by atoms with Gasteiger partial charge in [-0.3, -0.25) is 0 Å². The molecule has 0 saturated carbocycles. The molecule has 6 heteroatoms. The van der Waals surface area contributed by atoms with Crippen molar-refractivity contribution in [3.8, 4) is 0 Å². The Morgan fingerprint density at radius 3 is 2.76 bits per heavy atom. The number of amides is 2. The number of aliphatic hydroxyl groups excluding tert-OH is 1. The monoisotopic (exact) mass is 274 g/mol. The summed E-state index contributed by atoms with van der Waals surface area (Å²) in [5.41, 5.74) is 0.589. The van der Waals surface area contributed by atoms with Gasteiger partial charge in [-0.1, -0.05) is 23.2 Å². The number of likely N-dealkylation sites (tertiary alicyclic amines) is 1. The van der Waals surface area contributed by atoms with Crippen LogP contribution >= 0.6 is 23.2 Å². The summed E-state index contributed by atoms with van der Waals surface area (Å²) >= 11 is 11.6. The molecule has 2 amide bonds. The largest absolute Gasteiger partial charge is 0.391 e. The molecule has 0 aliphatic carbocycles. The summed E-state index contributed by atoms with van der Waals surface area (Å²) in [5.74, 6) is 0. The normalized spacial score (nSPS) is 19.5. The number of β-amino-alcohol motifs (C(OH)–C–C–N with tert-alkyl or cyclic N) is 1. The minimum Gasteiger partial charge on any atom is -0.391 e. The van der Waals surface area contributed by atoms with Crippen molar-refractivity contribution in [3.05, 3.63) is 28.2 Å². The number of halogens is 2. The summed E-state index contributed by atoms with van der Waals surface area (Å²) in [6.07, 6.45) is 0.198. The molecule has 1 heterocycles. The zero-order valence-corrected chi connectivity index (χ0v) is 10.5. The van der Waals surface area contributed by atoms with Gasteiger partial charge in [0.05, 0.1) is 16.1 Å². The van der Waals surface area contributed by atoms with Gasteiger partial charge in [0, 0.05) is 18.8 Å². The number of rotatable bonds is 1. The van der Waals surface area contributed by atoms with E-state index in [2.05, 4.69) is 5.32 Å². The van der Waals surface area contributed by atoms with Crippen LogP contribution in [-0.2, 0) is 0 Å². The van der Waals surface area contributed by atoms with Crippen LogP contribution in [0.5, 0.6) is 0 Å². The lowest BCUT2D eigenvalue weighted by atomic mass is 10.3. The molecule has 17 heavy (non-hydrogen) atoms. The highest BCUT2D eigenvalue weighted by molar-refractivity contribution is 6.42. The van der Waals surface area contributed by atoms with E-state index >= 15 is 0 Å². The number of hydrogen-bond acceptors (Lipinski definition) is 2. The minimum atomic E-state index is -0.422. The van der Waals surface area contributed by atoms with Gasteiger partial charge in [0.25, 0.3) is 0 Å². The number of carbonyl (C=O) groups excluding carboxylic acids is 1. The SMILES string of the molecule is O=C(Nc1ccc(Cl)c(Cl)c1)N1CCC(O)C1. The van der Waals surface area contributed by atoms with Gasteiger partial charge in [0.1, 0.15) is 0 Å². The topological polar surface area (TPSA) is 52.6 Å². The molecule has 0 bridgehead atoms. The van der Waals surface area contributed by atoms with E-state index in [0.717, 1.165) is 0 Å². The van der Waals surface area contributed by atoms with Crippen LogP contribution in [0.25, 0.3) is 0 Å². The molecule has 2 rings (SSSR count). The van der Waals surface area contributed by atoms with E-state index in [9.17, 15) is 9.90 Å². The van der Waals surface area contributed by atoms with Crippen molar-refractivity contribution in [2.75, 3.05) is 18.4 Å². The third-order valence-corrected chi connectivity index (χ3v) is 3.36. The first-order valence-corrected chi connectivity index (χ1v) is 6.01. The van der Waals surface area contributed by atoms with Crippen molar-refractivity contribution >= 4 is 34.9 Å². The fourth-order valence-corrected chi connectivity index (χ4v) is 2.00. The molecule has 92 valence electrons. The van der Waals surface area contributed by atoms with Gasteiger partial charge >= 0.3 is 6.03 Å². The van der Waals surface area contributed by atoms with E-state index in [1.54, 1.807) is 23.1 Å².